The van der Waals surface area contributed by atoms with Crippen molar-refractivity contribution in [1.29, 1.82) is 0 Å². The summed E-state index contributed by atoms with van der Waals surface area (Å²) in [6, 6.07) is 7.71. The number of carbonyl (C=O) groups excluding carboxylic acids is 1. The van der Waals surface area contributed by atoms with Gasteiger partial charge in [-0.15, -0.1) is 22.0 Å². The molecule has 1 amide bonds. The van der Waals surface area contributed by atoms with E-state index in [0.717, 1.165) is 18.4 Å². The number of aromatic nitrogens is 2. The number of halogens is 1. The van der Waals surface area contributed by atoms with E-state index in [4.69, 9.17) is 16.0 Å². The SMILES string of the molecule is O=C(CSC1CCCCC1)N(Cc1nnc(-c2ccccc2Cl)o1)C1CC1. The molecule has 1 heterocycles. The summed E-state index contributed by atoms with van der Waals surface area (Å²) in [6.45, 7) is 0.381. The standard InChI is InChI=1S/C20H24ClN3O2S/c21-17-9-5-4-8-16(17)20-23-22-18(26-20)12-24(14-10-11-14)19(25)13-27-15-6-2-1-3-7-15/h4-5,8-9,14-15H,1-3,6-7,10-13H2. The number of nitrogens with zero attached hydrogens (tertiary/aromatic N) is 3. The summed E-state index contributed by atoms with van der Waals surface area (Å²) in [5.74, 6) is 1.60. The van der Waals surface area contributed by atoms with Crippen molar-refractivity contribution in [3.05, 3.63) is 35.2 Å². The van der Waals surface area contributed by atoms with Gasteiger partial charge in [0.25, 0.3) is 0 Å². The summed E-state index contributed by atoms with van der Waals surface area (Å²) in [5.41, 5.74) is 0.718. The number of hydrogen-bond donors (Lipinski definition) is 0. The van der Waals surface area contributed by atoms with E-state index in [9.17, 15) is 4.79 Å². The van der Waals surface area contributed by atoms with Crippen LogP contribution in [0.2, 0.25) is 5.02 Å². The molecule has 2 aromatic rings. The predicted octanol–water partition coefficient (Wildman–Crippen LogP) is 4.95. The Hall–Kier alpha value is -1.53. The van der Waals surface area contributed by atoms with Crippen molar-refractivity contribution in [3.63, 3.8) is 0 Å². The van der Waals surface area contributed by atoms with Crippen LogP contribution in [0, 0.1) is 0 Å². The molecule has 4 rings (SSSR count). The molecule has 144 valence electrons. The Labute approximate surface area is 168 Å². The number of thioether (sulfide) groups is 1. The maximum absolute atomic E-state index is 12.8. The van der Waals surface area contributed by atoms with Gasteiger partial charge >= 0.3 is 0 Å². The van der Waals surface area contributed by atoms with E-state index < -0.39 is 0 Å². The Kier molecular flexibility index (Phi) is 6.03. The second kappa shape index (κ2) is 8.65. The first-order chi connectivity index (χ1) is 13.2. The Bertz CT molecular complexity index is 787. The monoisotopic (exact) mass is 405 g/mol. The molecule has 7 heteroatoms. The van der Waals surface area contributed by atoms with Crippen molar-refractivity contribution in [2.24, 2.45) is 0 Å². The lowest BCUT2D eigenvalue weighted by Crippen LogP contribution is -2.34. The van der Waals surface area contributed by atoms with Crippen molar-refractivity contribution in [3.8, 4) is 11.5 Å². The molecule has 0 spiro atoms. The van der Waals surface area contributed by atoms with E-state index in [2.05, 4.69) is 10.2 Å². The second-order valence-corrected chi connectivity index (χ2v) is 9.00. The van der Waals surface area contributed by atoms with Crippen LogP contribution in [0.25, 0.3) is 11.5 Å². The Morgan fingerprint density at radius 3 is 2.67 bits per heavy atom. The third-order valence-corrected chi connectivity index (χ3v) is 6.87. The first-order valence-corrected chi connectivity index (χ1v) is 11.1. The van der Waals surface area contributed by atoms with Gasteiger partial charge < -0.3 is 9.32 Å². The van der Waals surface area contributed by atoms with Gasteiger partial charge in [0.05, 0.1) is 22.9 Å². The van der Waals surface area contributed by atoms with Crippen molar-refractivity contribution in [2.45, 2.75) is 62.8 Å². The third kappa shape index (κ3) is 4.85. The summed E-state index contributed by atoms with van der Waals surface area (Å²) in [6.07, 6.45) is 8.54. The van der Waals surface area contributed by atoms with Gasteiger partial charge in [0, 0.05) is 11.3 Å². The zero-order chi connectivity index (χ0) is 18.6. The maximum atomic E-state index is 12.8. The van der Waals surface area contributed by atoms with Crippen LogP contribution in [-0.4, -0.2) is 38.0 Å². The van der Waals surface area contributed by atoms with Gasteiger partial charge in [-0.2, -0.15) is 0 Å². The van der Waals surface area contributed by atoms with Crippen molar-refractivity contribution < 1.29 is 9.21 Å². The summed E-state index contributed by atoms with van der Waals surface area (Å²) in [7, 11) is 0. The molecule has 2 fully saturated rings. The van der Waals surface area contributed by atoms with E-state index in [1.807, 2.05) is 34.9 Å². The number of benzene rings is 1. The quantitative estimate of drug-likeness (QED) is 0.652. The molecule has 0 bridgehead atoms. The highest BCUT2D eigenvalue weighted by atomic mass is 35.5. The minimum atomic E-state index is 0.186. The third-order valence-electron chi connectivity index (χ3n) is 5.18. The first kappa shape index (κ1) is 18.8. The second-order valence-electron chi connectivity index (χ2n) is 7.30. The van der Waals surface area contributed by atoms with Gasteiger partial charge in [-0.25, -0.2) is 0 Å². The molecule has 0 unspecified atom stereocenters. The molecule has 0 radical (unpaired) electrons. The van der Waals surface area contributed by atoms with E-state index >= 15 is 0 Å². The summed E-state index contributed by atoms with van der Waals surface area (Å²) < 4.78 is 5.80. The fourth-order valence-electron chi connectivity index (χ4n) is 3.52. The van der Waals surface area contributed by atoms with Crippen LogP contribution in [0.5, 0.6) is 0 Å². The fraction of sp³-hybridized carbons (Fsp3) is 0.550. The number of hydrogen-bond acceptors (Lipinski definition) is 5. The topological polar surface area (TPSA) is 59.2 Å². The number of rotatable bonds is 7. The van der Waals surface area contributed by atoms with E-state index in [1.54, 1.807) is 6.07 Å². The number of carbonyl (C=O) groups is 1. The lowest BCUT2D eigenvalue weighted by Gasteiger charge is -2.24. The fourth-order valence-corrected chi connectivity index (χ4v) is 4.95. The van der Waals surface area contributed by atoms with E-state index in [0.29, 0.717) is 40.4 Å². The Balaban J connectivity index is 1.38. The molecule has 27 heavy (non-hydrogen) atoms. The summed E-state index contributed by atoms with van der Waals surface area (Å²) >= 11 is 8.02. The molecule has 0 atom stereocenters. The molecule has 1 aromatic heterocycles. The van der Waals surface area contributed by atoms with Gasteiger partial charge in [-0.1, -0.05) is 43.0 Å². The van der Waals surface area contributed by atoms with E-state index in [1.165, 1.54) is 32.1 Å². The zero-order valence-electron chi connectivity index (χ0n) is 15.3. The van der Waals surface area contributed by atoms with Crippen LogP contribution in [0.3, 0.4) is 0 Å². The molecule has 0 saturated heterocycles. The lowest BCUT2D eigenvalue weighted by atomic mass is 10.0. The van der Waals surface area contributed by atoms with Gasteiger partial charge in [0.1, 0.15) is 0 Å². The van der Waals surface area contributed by atoms with Crippen molar-refractivity contribution in [1.82, 2.24) is 15.1 Å². The maximum Gasteiger partial charge on any atom is 0.249 e. The van der Waals surface area contributed by atoms with Gasteiger partial charge in [0.15, 0.2) is 0 Å². The highest BCUT2D eigenvalue weighted by Gasteiger charge is 2.34. The molecule has 1 aromatic carbocycles. The van der Waals surface area contributed by atoms with Gasteiger partial charge in [-0.05, 0) is 37.8 Å². The Morgan fingerprint density at radius 1 is 1.15 bits per heavy atom. The van der Waals surface area contributed by atoms with Crippen molar-refractivity contribution >= 4 is 29.3 Å². The van der Waals surface area contributed by atoms with Crippen LogP contribution < -0.4 is 0 Å². The van der Waals surface area contributed by atoms with Crippen LogP contribution in [0.1, 0.15) is 50.8 Å². The van der Waals surface area contributed by atoms with Crippen LogP contribution in [-0.2, 0) is 11.3 Å². The van der Waals surface area contributed by atoms with E-state index in [-0.39, 0.29) is 5.91 Å². The van der Waals surface area contributed by atoms with Crippen molar-refractivity contribution in [2.75, 3.05) is 5.75 Å². The molecular weight excluding hydrogens is 382 g/mol. The molecule has 0 aliphatic heterocycles. The summed E-state index contributed by atoms with van der Waals surface area (Å²) in [5, 5.41) is 9.47. The molecule has 2 aliphatic rings. The molecule has 0 N–H and O–H groups in total. The molecule has 5 nitrogen and oxygen atoms in total. The average Bonchev–Trinajstić information content (AvgIpc) is 3.43. The highest BCUT2D eigenvalue weighted by molar-refractivity contribution is 8.00. The first-order valence-electron chi connectivity index (χ1n) is 9.69. The predicted molar refractivity (Wildman–Crippen MR) is 108 cm³/mol. The van der Waals surface area contributed by atoms with Crippen LogP contribution in [0.4, 0.5) is 0 Å². The number of amides is 1. The van der Waals surface area contributed by atoms with Gasteiger partial charge in [0.2, 0.25) is 17.7 Å². The lowest BCUT2D eigenvalue weighted by molar-refractivity contribution is -0.129. The minimum absolute atomic E-state index is 0.186. The summed E-state index contributed by atoms with van der Waals surface area (Å²) in [4.78, 5) is 14.7. The largest absolute Gasteiger partial charge is 0.419 e. The van der Waals surface area contributed by atoms with Gasteiger partial charge in [-0.3, -0.25) is 4.79 Å². The highest BCUT2D eigenvalue weighted by Crippen LogP contribution is 2.32. The zero-order valence-corrected chi connectivity index (χ0v) is 16.8. The Morgan fingerprint density at radius 2 is 1.93 bits per heavy atom. The normalized spacial score (nSPS) is 17.8. The van der Waals surface area contributed by atoms with Crippen LogP contribution >= 0.6 is 23.4 Å². The van der Waals surface area contributed by atoms with Crippen LogP contribution in [0.15, 0.2) is 28.7 Å². The average molecular weight is 406 g/mol. The molecule has 2 saturated carbocycles. The molecular formula is C20H24ClN3O2S. The molecule has 2 aliphatic carbocycles. The smallest absolute Gasteiger partial charge is 0.249 e. The minimum Gasteiger partial charge on any atom is -0.419 e.